The highest BCUT2D eigenvalue weighted by Gasteiger charge is 2.23. The average molecular weight is 437 g/mol. The van der Waals surface area contributed by atoms with Crippen molar-refractivity contribution in [1.29, 1.82) is 0 Å². The van der Waals surface area contributed by atoms with Crippen molar-refractivity contribution < 1.29 is 9.59 Å². The highest BCUT2D eigenvalue weighted by atomic mass is 32.1. The van der Waals surface area contributed by atoms with Gasteiger partial charge in [0.05, 0.1) is 10.2 Å². The first-order chi connectivity index (χ1) is 14.9. The van der Waals surface area contributed by atoms with Crippen molar-refractivity contribution >= 4 is 44.2 Å². The molecule has 7 heteroatoms. The number of hydrogen-bond donors (Lipinski definition) is 2. The number of hydrogen-bond acceptors (Lipinski definition) is 5. The van der Waals surface area contributed by atoms with Gasteiger partial charge in [0.25, 0.3) is 0 Å². The molecule has 31 heavy (non-hydrogen) atoms. The van der Waals surface area contributed by atoms with Crippen molar-refractivity contribution in [3.8, 4) is 0 Å². The van der Waals surface area contributed by atoms with Crippen LogP contribution in [0.4, 0.5) is 10.8 Å². The van der Waals surface area contributed by atoms with Crippen LogP contribution in [0, 0.1) is 26.7 Å². The third kappa shape index (κ3) is 4.88. The Balaban J connectivity index is 1.26. The summed E-state index contributed by atoms with van der Waals surface area (Å²) in [4.78, 5) is 31.7. The number of carbonyl (C=O) groups is 2. The Morgan fingerprint density at radius 1 is 1.06 bits per heavy atom. The Bertz CT molecular complexity index is 1060. The summed E-state index contributed by atoms with van der Waals surface area (Å²) in [7, 11) is 0. The van der Waals surface area contributed by atoms with Gasteiger partial charge in [-0.05, 0) is 62.8 Å². The summed E-state index contributed by atoms with van der Waals surface area (Å²) in [6, 6.07) is 12.2. The highest BCUT2D eigenvalue weighted by Crippen LogP contribution is 2.31. The Morgan fingerprint density at radius 3 is 2.42 bits per heavy atom. The lowest BCUT2D eigenvalue weighted by Crippen LogP contribution is -2.42. The van der Waals surface area contributed by atoms with Crippen LogP contribution in [0.1, 0.15) is 29.5 Å². The predicted molar refractivity (Wildman–Crippen MR) is 127 cm³/mol. The van der Waals surface area contributed by atoms with E-state index in [1.165, 1.54) is 4.70 Å². The maximum absolute atomic E-state index is 12.4. The number of nitrogens with one attached hydrogen (secondary N) is 2. The summed E-state index contributed by atoms with van der Waals surface area (Å²) in [5.41, 5.74) is 4.81. The Morgan fingerprint density at radius 2 is 1.74 bits per heavy atom. The second-order valence-electron chi connectivity index (χ2n) is 8.33. The van der Waals surface area contributed by atoms with Gasteiger partial charge in [0.15, 0.2) is 5.13 Å². The Kier molecular flexibility index (Phi) is 6.23. The van der Waals surface area contributed by atoms with E-state index < -0.39 is 11.8 Å². The number of amides is 2. The van der Waals surface area contributed by atoms with E-state index in [0.717, 1.165) is 59.0 Å². The number of benzene rings is 2. The monoisotopic (exact) mass is 436 g/mol. The van der Waals surface area contributed by atoms with Crippen LogP contribution in [0.15, 0.2) is 36.4 Å². The van der Waals surface area contributed by atoms with Gasteiger partial charge >= 0.3 is 11.8 Å². The number of aromatic nitrogens is 1. The number of nitrogens with zero attached hydrogens (tertiary/aromatic N) is 2. The summed E-state index contributed by atoms with van der Waals surface area (Å²) in [5, 5.41) is 6.65. The SMILES string of the molecule is Cc1cc(C)c(NC(=O)C(=O)NCC2CCN(c3nc4ccccc4s3)CC2)c(C)c1. The molecule has 0 bridgehead atoms. The van der Waals surface area contributed by atoms with Gasteiger partial charge in [-0.1, -0.05) is 41.2 Å². The second-order valence-corrected chi connectivity index (χ2v) is 9.34. The van der Waals surface area contributed by atoms with E-state index in [4.69, 9.17) is 4.98 Å². The standard InChI is InChI=1S/C24H28N4O2S/c1-15-12-16(2)21(17(3)13-15)27-23(30)22(29)25-14-18-8-10-28(11-9-18)24-26-19-6-4-5-7-20(19)31-24/h4-7,12-13,18H,8-11,14H2,1-3H3,(H,25,29)(H,27,30). The van der Waals surface area contributed by atoms with Crippen molar-refractivity contribution in [2.24, 2.45) is 5.92 Å². The van der Waals surface area contributed by atoms with E-state index >= 15 is 0 Å². The number of thiazole rings is 1. The van der Waals surface area contributed by atoms with Crippen molar-refractivity contribution in [1.82, 2.24) is 10.3 Å². The number of fused-ring (bicyclic) bond motifs is 1. The van der Waals surface area contributed by atoms with Crippen molar-refractivity contribution in [3.05, 3.63) is 53.1 Å². The molecule has 6 nitrogen and oxygen atoms in total. The van der Waals surface area contributed by atoms with E-state index in [-0.39, 0.29) is 0 Å². The molecule has 162 valence electrons. The Hall–Kier alpha value is -2.93. The van der Waals surface area contributed by atoms with Crippen LogP contribution >= 0.6 is 11.3 Å². The van der Waals surface area contributed by atoms with Crippen LogP contribution in [0.3, 0.4) is 0 Å². The van der Waals surface area contributed by atoms with Crippen molar-refractivity contribution in [3.63, 3.8) is 0 Å². The number of para-hydroxylation sites is 1. The molecule has 2 aromatic carbocycles. The molecule has 0 radical (unpaired) electrons. The lowest BCUT2D eigenvalue weighted by molar-refractivity contribution is -0.136. The average Bonchev–Trinajstić information content (AvgIpc) is 3.19. The fraction of sp³-hybridized carbons (Fsp3) is 0.375. The van der Waals surface area contributed by atoms with Gasteiger partial charge in [0, 0.05) is 25.3 Å². The lowest BCUT2D eigenvalue weighted by Gasteiger charge is -2.31. The molecule has 4 rings (SSSR count). The molecule has 3 aromatic rings. The second kappa shape index (κ2) is 9.06. The van der Waals surface area contributed by atoms with Gasteiger partial charge in [-0.25, -0.2) is 4.98 Å². The van der Waals surface area contributed by atoms with Crippen molar-refractivity contribution in [2.45, 2.75) is 33.6 Å². The summed E-state index contributed by atoms with van der Waals surface area (Å²) >= 11 is 1.72. The topological polar surface area (TPSA) is 74.3 Å². The zero-order chi connectivity index (χ0) is 22.0. The molecule has 2 N–H and O–H groups in total. The molecule has 0 unspecified atom stereocenters. The minimum atomic E-state index is -0.609. The van der Waals surface area contributed by atoms with Crippen LogP contribution in [0.2, 0.25) is 0 Å². The number of rotatable bonds is 4. The molecule has 2 heterocycles. The first kappa shape index (κ1) is 21.3. The zero-order valence-corrected chi connectivity index (χ0v) is 19.0. The molecule has 0 spiro atoms. The van der Waals surface area contributed by atoms with Gasteiger partial charge in [-0.3, -0.25) is 9.59 Å². The molecule has 1 fully saturated rings. The van der Waals surface area contributed by atoms with Gasteiger partial charge in [-0.2, -0.15) is 0 Å². The van der Waals surface area contributed by atoms with E-state index in [2.05, 4.69) is 21.6 Å². The van der Waals surface area contributed by atoms with Crippen LogP contribution in [0.5, 0.6) is 0 Å². The van der Waals surface area contributed by atoms with E-state index in [9.17, 15) is 9.59 Å². The van der Waals surface area contributed by atoms with Crippen LogP contribution in [-0.4, -0.2) is 36.4 Å². The summed E-state index contributed by atoms with van der Waals surface area (Å²) in [6.07, 6.45) is 1.93. The highest BCUT2D eigenvalue weighted by molar-refractivity contribution is 7.22. The van der Waals surface area contributed by atoms with Crippen LogP contribution in [0.25, 0.3) is 10.2 Å². The maximum atomic E-state index is 12.4. The van der Waals surface area contributed by atoms with Gasteiger partial charge in [0.2, 0.25) is 0 Å². The van der Waals surface area contributed by atoms with Gasteiger partial charge in [-0.15, -0.1) is 0 Å². The van der Waals surface area contributed by atoms with Crippen LogP contribution < -0.4 is 15.5 Å². The fourth-order valence-electron chi connectivity index (χ4n) is 4.19. The Labute approximate surface area is 186 Å². The molecule has 0 saturated carbocycles. The number of piperidine rings is 1. The molecule has 1 aromatic heterocycles. The zero-order valence-electron chi connectivity index (χ0n) is 18.2. The van der Waals surface area contributed by atoms with Gasteiger partial charge < -0.3 is 15.5 Å². The number of carbonyl (C=O) groups excluding carboxylic acids is 2. The predicted octanol–water partition coefficient (Wildman–Crippen LogP) is 4.19. The van der Waals surface area contributed by atoms with E-state index in [1.807, 2.05) is 51.1 Å². The minimum absolute atomic E-state index is 0.366. The fourth-order valence-corrected chi connectivity index (χ4v) is 5.21. The minimum Gasteiger partial charge on any atom is -0.348 e. The van der Waals surface area contributed by atoms with E-state index in [1.54, 1.807) is 11.3 Å². The lowest BCUT2D eigenvalue weighted by atomic mass is 9.97. The normalized spacial score (nSPS) is 14.6. The largest absolute Gasteiger partial charge is 0.348 e. The third-order valence-electron chi connectivity index (χ3n) is 5.84. The summed E-state index contributed by atoms with van der Waals surface area (Å²) in [5.74, 6) is -0.819. The molecular formula is C24H28N4O2S. The molecule has 0 aliphatic carbocycles. The van der Waals surface area contributed by atoms with Crippen LogP contribution in [-0.2, 0) is 9.59 Å². The van der Waals surface area contributed by atoms with E-state index in [0.29, 0.717) is 12.5 Å². The molecular weight excluding hydrogens is 408 g/mol. The molecule has 0 atom stereocenters. The number of aryl methyl sites for hydroxylation is 3. The molecule has 1 aliphatic rings. The number of anilines is 2. The van der Waals surface area contributed by atoms with Gasteiger partial charge in [0.1, 0.15) is 0 Å². The summed E-state index contributed by atoms with van der Waals surface area (Å²) in [6.45, 7) is 8.23. The first-order valence-corrected chi connectivity index (χ1v) is 11.5. The molecule has 1 saturated heterocycles. The third-order valence-corrected chi connectivity index (χ3v) is 6.94. The first-order valence-electron chi connectivity index (χ1n) is 10.7. The quantitative estimate of drug-likeness (QED) is 0.602. The summed E-state index contributed by atoms with van der Waals surface area (Å²) < 4.78 is 1.21. The molecule has 1 aliphatic heterocycles. The van der Waals surface area contributed by atoms with Crippen molar-refractivity contribution in [2.75, 3.05) is 29.9 Å². The molecule has 2 amide bonds. The smallest absolute Gasteiger partial charge is 0.313 e. The maximum Gasteiger partial charge on any atom is 0.313 e.